The van der Waals surface area contributed by atoms with E-state index in [2.05, 4.69) is 11.8 Å². The van der Waals surface area contributed by atoms with Gasteiger partial charge in [0.2, 0.25) is 5.91 Å². The lowest BCUT2D eigenvalue weighted by atomic mass is 9.94. The van der Waals surface area contributed by atoms with Gasteiger partial charge < -0.3 is 15.5 Å². The fraction of sp³-hybridized carbons (Fsp3) is 0.933. The molecule has 0 aliphatic carbocycles. The van der Waals surface area contributed by atoms with Crippen LogP contribution in [0.15, 0.2) is 0 Å². The van der Waals surface area contributed by atoms with E-state index in [1.165, 1.54) is 32.2 Å². The third kappa shape index (κ3) is 4.61. The summed E-state index contributed by atoms with van der Waals surface area (Å²) in [5.41, 5.74) is 5.72. The number of hydrogen-bond acceptors (Lipinski definition) is 3. The predicted octanol–water partition coefficient (Wildman–Crippen LogP) is 1.87. The summed E-state index contributed by atoms with van der Waals surface area (Å²) in [6, 6.07) is 0.362. The van der Waals surface area contributed by atoms with Crippen LogP contribution in [0.2, 0.25) is 0 Å². The van der Waals surface area contributed by atoms with Crippen LogP contribution in [0.1, 0.15) is 46.0 Å². The van der Waals surface area contributed by atoms with Gasteiger partial charge in [-0.25, -0.2) is 0 Å². The van der Waals surface area contributed by atoms with Crippen molar-refractivity contribution >= 4 is 18.3 Å². The van der Waals surface area contributed by atoms with E-state index in [1.807, 2.05) is 4.90 Å². The van der Waals surface area contributed by atoms with E-state index >= 15 is 0 Å². The molecule has 0 spiro atoms. The summed E-state index contributed by atoms with van der Waals surface area (Å²) < 4.78 is 0. The topological polar surface area (TPSA) is 49.6 Å². The van der Waals surface area contributed by atoms with Gasteiger partial charge in [-0.05, 0) is 52.0 Å². The van der Waals surface area contributed by atoms with E-state index in [0.29, 0.717) is 12.0 Å². The number of hydrogen-bond donors (Lipinski definition) is 1. The van der Waals surface area contributed by atoms with Gasteiger partial charge in [0.1, 0.15) is 0 Å². The highest BCUT2D eigenvalue weighted by Crippen LogP contribution is 2.23. The normalized spacial score (nSPS) is 29.6. The molecule has 5 heteroatoms. The van der Waals surface area contributed by atoms with Gasteiger partial charge >= 0.3 is 0 Å². The van der Waals surface area contributed by atoms with E-state index in [9.17, 15) is 4.79 Å². The fourth-order valence-electron chi connectivity index (χ4n) is 3.46. The molecule has 0 bridgehead atoms. The first kappa shape index (κ1) is 17.7. The lowest BCUT2D eigenvalue weighted by Crippen LogP contribution is -2.50. The number of amides is 1. The van der Waals surface area contributed by atoms with E-state index in [4.69, 9.17) is 5.73 Å². The molecule has 3 unspecified atom stereocenters. The van der Waals surface area contributed by atoms with Crippen molar-refractivity contribution in [1.29, 1.82) is 0 Å². The number of carbonyl (C=O) groups excluding carboxylic acids is 1. The van der Waals surface area contributed by atoms with Gasteiger partial charge in [0.25, 0.3) is 0 Å². The lowest BCUT2D eigenvalue weighted by molar-refractivity contribution is -0.134. The molecule has 20 heavy (non-hydrogen) atoms. The summed E-state index contributed by atoms with van der Waals surface area (Å²) in [7, 11) is 0. The van der Waals surface area contributed by atoms with Crippen LogP contribution in [-0.2, 0) is 4.79 Å². The maximum absolute atomic E-state index is 12.0. The van der Waals surface area contributed by atoms with Crippen LogP contribution in [0.25, 0.3) is 0 Å². The number of likely N-dealkylation sites (tertiary alicyclic amines) is 2. The Kier molecular flexibility index (Phi) is 7.27. The van der Waals surface area contributed by atoms with Crippen molar-refractivity contribution in [1.82, 2.24) is 9.80 Å². The molecular weight excluding hydrogens is 274 g/mol. The molecule has 4 nitrogen and oxygen atoms in total. The number of nitrogens with zero attached hydrogens (tertiary/aromatic N) is 2. The monoisotopic (exact) mass is 303 g/mol. The first-order valence-electron chi connectivity index (χ1n) is 7.86. The Labute approximate surface area is 129 Å². The van der Waals surface area contributed by atoms with E-state index in [1.54, 1.807) is 6.92 Å². The van der Waals surface area contributed by atoms with Crippen LogP contribution in [0, 0.1) is 5.92 Å². The standard InChI is InChI=1S/C15H29N3O.ClH/c1-12-6-3-4-8-17(12)10-14-7-5-9-18(11-14)15(19)13(2)16;/h12-14H,3-11,16H2,1-2H3;1H. The highest BCUT2D eigenvalue weighted by molar-refractivity contribution is 5.85. The first-order valence-corrected chi connectivity index (χ1v) is 7.86. The minimum atomic E-state index is -0.354. The summed E-state index contributed by atoms with van der Waals surface area (Å²) in [4.78, 5) is 16.6. The number of carbonyl (C=O) groups is 1. The minimum absolute atomic E-state index is 0. The smallest absolute Gasteiger partial charge is 0.239 e. The molecule has 118 valence electrons. The minimum Gasteiger partial charge on any atom is -0.341 e. The molecule has 0 saturated carbocycles. The molecule has 0 aromatic rings. The Morgan fingerprint density at radius 3 is 2.65 bits per heavy atom. The highest BCUT2D eigenvalue weighted by Gasteiger charge is 2.28. The second-order valence-corrected chi connectivity index (χ2v) is 6.42. The van der Waals surface area contributed by atoms with Gasteiger partial charge in [0.15, 0.2) is 0 Å². The second kappa shape index (κ2) is 8.20. The largest absolute Gasteiger partial charge is 0.341 e. The van der Waals surface area contributed by atoms with Crippen molar-refractivity contribution in [2.45, 2.75) is 58.0 Å². The lowest BCUT2D eigenvalue weighted by Gasteiger charge is -2.40. The van der Waals surface area contributed by atoms with Crippen LogP contribution in [0.5, 0.6) is 0 Å². The maximum atomic E-state index is 12.0. The number of nitrogens with two attached hydrogens (primary N) is 1. The maximum Gasteiger partial charge on any atom is 0.239 e. The Bertz CT molecular complexity index is 311. The van der Waals surface area contributed by atoms with Gasteiger partial charge in [0.05, 0.1) is 6.04 Å². The van der Waals surface area contributed by atoms with E-state index in [0.717, 1.165) is 26.1 Å². The Morgan fingerprint density at radius 2 is 2.00 bits per heavy atom. The Hall–Kier alpha value is -0.320. The number of halogens is 1. The van der Waals surface area contributed by atoms with Crippen LogP contribution in [0.3, 0.4) is 0 Å². The van der Waals surface area contributed by atoms with Crippen LogP contribution in [0.4, 0.5) is 0 Å². The second-order valence-electron chi connectivity index (χ2n) is 6.42. The Morgan fingerprint density at radius 1 is 1.25 bits per heavy atom. The molecular formula is C15H30ClN3O. The third-order valence-corrected chi connectivity index (χ3v) is 4.65. The molecule has 2 saturated heterocycles. The van der Waals surface area contributed by atoms with Gasteiger partial charge in [-0.3, -0.25) is 4.79 Å². The van der Waals surface area contributed by atoms with E-state index < -0.39 is 0 Å². The fourth-order valence-corrected chi connectivity index (χ4v) is 3.46. The average molecular weight is 304 g/mol. The molecule has 2 fully saturated rings. The van der Waals surface area contributed by atoms with Gasteiger partial charge in [-0.15, -0.1) is 12.4 Å². The summed E-state index contributed by atoms with van der Waals surface area (Å²) >= 11 is 0. The molecule has 0 aromatic carbocycles. The molecule has 0 radical (unpaired) electrons. The summed E-state index contributed by atoms with van der Waals surface area (Å²) in [6.45, 7) is 8.32. The van der Waals surface area contributed by atoms with Crippen molar-refractivity contribution in [2.75, 3.05) is 26.2 Å². The number of piperidine rings is 2. The molecule has 2 heterocycles. The van der Waals surface area contributed by atoms with Crippen molar-refractivity contribution in [3.8, 4) is 0 Å². The molecule has 2 aliphatic heterocycles. The highest BCUT2D eigenvalue weighted by atomic mass is 35.5. The summed E-state index contributed by atoms with van der Waals surface area (Å²) in [5, 5.41) is 0. The molecule has 2 N–H and O–H groups in total. The van der Waals surface area contributed by atoms with Crippen molar-refractivity contribution in [3.63, 3.8) is 0 Å². The average Bonchev–Trinajstić information content (AvgIpc) is 2.41. The summed E-state index contributed by atoms with van der Waals surface area (Å²) in [5.74, 6) is 0.758. The van der Waals surface area contributed by atoms with Crippen molar-refractivity contribution < 1.29 is 4.79 Å². The molecule has 1 amide bonds. The zero-order valence-corrected chi connectivity index (χ0v) is 13.7. The number of rotatable bonds is 3. The quantitative estimate of drug-likeness (QED) is 0.866. The SMILES string of the molecule is CC(N)C(=O)N1CCCC(CN2CCCCC2C)C1.Cl. The van der Waals surface area contributed by atoms with Crippen LogP contribution < -0.4 is 5.73 Å². The molecule has 2 aliphatic rings. The van der Waals surface area contributed by atoms with Crippen molar-refractivity contribution in [2.24, 2.45) is 11.7 Å². The third-order valence-electron chi connectivity index (χ3n) is 4.65. The predicted molar refractivity (Wildman–Crippen MR) is 85.1 cm³/mol. The van der Waals surface area contributed by atoms with Crippen LogP contribution in [-0.4, -0.2) is 54.0 Å². The zero-order valence-electron chi connectivity index (χ0n) is 12.9. The van der Waals surface area contributed by atoms with E-state index in [-0.39, 0.29) is 24.4 Å². The van der Waals surface area contributed by atoms with Gasteiger partial charge in [0, 0.05) is 25.7 Å². The molecule has 0 aromatic heterocycles. The molecule has 3 atom stereocenters. The Balaban J connectivity index is 0.00000200. The summed E-state index contributed by atoms with van der Waals surface area (Å²) in [6.07, 6.45) is 6.42. The van der Waals surface area contributed by atoms with Crippen molar-refractivity contribution in [3.05, 3.63) is 0 Å². The van der Waals surface area contributed by atoms with Crippen LogP contribution >= 0.6 is 12.4 Å². The first-order chi connectivity index (χ1) is 9.08. The van der Waals surface area contributed by atoms with Gasteiger partial charge in [-0.1, -0.05) is 6.42 Å². The van der Waals surface area contributed by atoms with Gasteiger partial charge in [-0.2, -0.15) is 0 Å². The molecule has 2 rings (SSSR count). The zero-order chi connectivity index (χ0) is 13.8.